The number of hydrogen-bond acceptors (Lipinski definition) is 4. The van der Waals surface area contributed by atoms with Crippen LogP contribution >= 0.6 is 0 Å². The van der Waals surface area contributed by atoms with Gasteiger partial charge in [-0.2, -0.15) is 4.68 Å². The molecule has 3 aromatic rings. The molecule has 6 heteroatoms. The van der Waals surface area contributed by atoms with Gasteiger partial charge in [-0.1, -0.05) is 5.21 Å². The number of hydrogen-bond donors (Lipinski definition) is 0. The molecule has 0 unspecified atom stereocenters. The van der Waals surface area contributed by atoms with E-state index in [0.29, 0.717) is 11.4 Å². The first kappa shape index (κ1) is 10.8. The highest BCUT2D eigenvalue weighted by Gasteiger charge is 2.10. The highest BCUT2D eigenvalue weighted by molar-refractivity contribution is 5.77. The van der Waals surface area contributed by atoms with Crippen molar-refractivity contribution in [2.75, 3.05) is 0 Å². The minimum absolute atomic E-state index is 0.332. The molecule has 3 heterocycles. The largest absolute Gasteiger partial charge is 0.259 e. The first-order valence-electron chi connectivity index (χ1n) is 5.46. The van der Waals surface area contributed by atoms with Crippen LogP contribution in [0.25, 0.3) is 16.9 Å². The van der Waals surface area contributed by atoms with Gasteiger partial charge in [-0.05, 0) is 31.5 Å². The van der Waals surface area contributed by atoms with Crippen LogP contribution in [0, 0.1) is 19.7 Å². The van der Waals surface area contributed by atoms with E-state index in [1.807, 2.05) is 13.0 Å². The lowest BCUT2D eigenvalue weighted by Crippen LogP contribution is -2.01. The Bertz CT molecular complexity index is 734. The van der Waals surface area contributed by atoms with Gasteiger partial charge in [-0.3, -0.25) is 4.98 Å². The van der Waals surface area contributed by atoms with Crippen LogP contribution in [-0.4, -0.2) is 25.0 Å². The average Bonchev–Trinajstić information content (AvgIpc) is 2.78. The Morgan fingerprint density at radius 2 is 2.06 bits per heavy atom. The summed E-state index contributed by atoms with van der Waals surface area (Å²) in [7, 11) is 0. The van der Waals surface area contributed by atoms with Gasteiger partial charge in [0, 0.05) is 6.20 Å². The number of fused-ring (bicyclic) bond motifs is 1. The van der Waals surface area contributed by atoms with Crippen molar-refractivity contribution in [2.45, 2.75) is 13.8 Å². The zero-order valence-electron chi connectivity index (χ0n) is 9.92. The van der Waals surface area contributed by atoms with Gasteiger partial charge in [-0.15, -0.1) is 5.10 Å². The normalized spacial score (nSPS) is 11.1. The highest BCUT2D eigenvalue weighted by atomic mass is 19.1. The Labute approximate surface area is 102 Å². The second-order valence-corrected chi connectivity index (χ2v) is 4.06. The van der Waals surface area contributed by atoms with Crippen molar-refractivity contribution in [3.8, 4) is 5.82 Å². The first-order chi connectivity index (χ1) is 8.66. The maximum absolute atomic E-state index is 13.2. The predicted octanol–water partition coefficient (Wildman–Crippen LogP) is 1.97. The molecule has 0 bridgehead atoms. The minimum Gasteiger partial charge on any atom is -0.259 e. The van der Waals surface area contributed by atoms with Gasteiger partial charge in [0.1, 0.15) is 11.3 Å². The number of pyridine rings is 2. The van der Waals surface area contributed by atoms with Crippen molar-refractivity contribution in [1.29, 1.82) is 0 Å². The van der Waals surface area contributed by atoms with Crippen LogP contribution in [0.5, 0.6) is 0 Å². The van der Waals surface area contributed by atoms with E-state index in [1.54, 1.807) is 23.9 Å². The fraction of sp³-hybridized carbons (Fsp3) is 0.167. The zero-order valence-corrected chi connectivity index (χ0v) is 9.92. The molecule has 5 nitrogen and oxygen atoms in total. The minimum atomic E-state index is -0.332. The molecule has 0 amide bonds. The molecule has 0 saturated carbocycles. The summed E-state index contributed by atoms with van der Waals surface area (Å²) in [4.78, 5) is 8.18. The Kier molecular flexibility index (Phi) is 2.29. The van der Waals surface area contributed by atoms with E-state index in [-0.39, 0.29) is 5.82 Å². The Morgan fingerprint density at radius 1 is 1.22 bits per heavy atom. The van der Waals surface area contributed by atoms with Crippen molar-refractivity contribution in [1.82, 2.24) is 25.0 Å². The summed E-state index contributed by atoms with van der Waals surface area (Å²) in [6, 6.07) is 3.45. The van der Waals surface area contributed by atoms with Gasteiger partial charge in [0.05, 0.1) is 17.4 Å². The Hall–Kier alpha value is -2.37. The summed E-state index contributed by atoms with van der Waals surface area (Å²) < 4.78 is 14.8. The second-order valence-electron chi connectivity index (χ2n) is 4.06. The molecule has 0 fully saturated rings. The Balaban J connectivity index is 2.25. The van der Waals surface area contributed by atoms with E-state index < -0.39 is 0 Å². The molecular formula is C12H10FN5. The number of aromatic nitrogens is 5. The van der Waals surface area contributed by atoms with Gasteiger partial charge in [0.25, 0.3) is 0 Å². The van der Waals surface area contributed by atoms with Gasteiger partial charge < -0.3 is 0 Å². The SMILES string of the molecule is Cc1cc(-n2nnc3c(C)nccc32)ncc1F. The summed E-state index contributed by atoms with van der Waals surface area (Å²) in [5.74, 6) is 0.211. The quantitative estimate of drug-likeness (QED) is 0.655. The molecule has 18 heavy (non-hydrogen) atoms. The number of aryl methyl sites for hydroxylation is 2. The van der Waals surface area contributed by atoms with Crippen LogP contribution in [0.1, 0.15) is 11.3 Å². The molecule has 0 saturated heterocycles. The van der Waals surface area contributed by atoms with Gasteiger partial charge >= 0.3 is 0 Å². The summed E-state index contributed by atoms with van der Waals surface area (Å²) in [5.41, 5.74) is 2.86. The molecule has 0 aliphatic heterocycles. The number of rotatable bonds is 1. The molecule has 90 valence electrons. The molecular weight excluding hydrogens is 233 g/mol. The average molecular weight is 243 g/mol. The highest BCUT2D eigenvalue weighted by Crippen LogP contribution is 2.17. The van der Waals surface area contributed by atoms with Crippen LogP contribution in [0.2, 0.25) is 0 Å². The molecule has 0 aliphatic carbocycles. The lowest BCUT2D eigenvalue weighted by atomic mass is 10.3. The standard InChI is InChI=1S/C12H10FN5/c1-7-5-11(15-6-9(7)13)18-10-3-4-14-8(2)12(10)16-17-18/h3-6H,1-2H3. The zero-order chi connectivity index (χ0) is 12.7. The van der Waals surface area contributed by atoms with Gasteiger partial charge in [0.15, 0.2) is 5.82 Å². The maximum Gasteiger partial charge on any atom is 0.156 e. The van der Waals surface area contributed by atoms with Crippen LogP contribution in [0.15, 0.2) is 24.5 Å². The smallest absolute Gasteiger partial charge is 0.156 e. The van der Waals surface area contributed by atoms with Crippen molar-refractivity contribution in [3.05, 3.63) is 41.6 Å². The summed E-state index contributed by atoms with van der Waals surface area (Å²) in [5, 5.41) is 8.10. The van der Waals surface area contributed by atoms with Crippen molar-refractivity contribution < 1.29 is 4.39 Å². The van der Waals surface area contributed by atoms with Crippen LogP contribution in [0.3, 0.4) is 0 Å². The third-order valence-corrected chi connectivity index (χ3v) is 2.80. The van der Waals surface area contributed by atoms with Gasteiger partial charge in [-0.25, -0.2) is 9.37 Å². The molecule has 0 aliphatic rings. The van der Waals surface area contributed by atoms with E-state index in [4.69, 9.17) is 0 Å². The van der Waals surface area contributed by atoms with Gasteiger partial charge in [0.2, 0.25) is 0 Å². The van der Waals surface area contributed by atoms with E-state index >= 15 is 0 Å². The fourth-order valence-electron chi connectivity index (χ4n) is 1.79. The van der Waals surface area contributed by atoms with E-state index in [0.717, 1.165) is 16.7 Å². The topological polar surface area (TPSA) is 56.5 Å². The predicted molar refractivity (Wildman–Crippen MR) is 63.9 cm³/mol. The molecule has 0 spiro atoms. The van der Waals surface area contributed by atoms with E-state index in [9.17, 15) is 4.39 Å². The molecule has 3 rings (SSSR count). The van der Waals surface area contributed by atoms with E-state index in [1.165, 1.54) is 6.20 Å². The monoisotopic (exact) mass is 243 g/mol. The summed E-state index contributed by atoms with van der Waals surface area (Å²) in [6.45, 7) is 3.55. The third kappa shape index (κ3) is 1.54. The number of nitrogens with zero attached hydrogens (tertiary/aromatic N) is 5. The third-order valence-electron chi connectivity index (χ3n) is 2.80. The lowest BCUT2D eigenvalue weighted by Gasteiger charge is -2.03. The lowest BCUT2D eigenvalue weighted by molar-refractivity contribution is 0.609. The molecule has 0 N–H and O–H groups in total. The first-order valence-corrected chi connectivity index (χ1v) is 5.46. The summed E-state index contributed by atoms with van der Waals surface area (Å²) in [6.07, 6.45) is 2.88. The molecule has 0 atom stereocenters. The maximum atomic E-state index is 13.2. The van der Waals surface area contributed by atoms with Crippen molar-refractivity contribution in [3.63, 3.8) is 0 Å². The number of halogens is 1. The van der Waals surface area contributed by atoms with Crippen LogP contribution in [-0.2, 0) is 0 Å². The van der Waals surface area contributed by atoms with E-state index in [2.05, 4.69) is 20.3 Å². The fourth-order valence-corrected chi connectivity index (χ4v) is 1.79. The molecule has 0 radical (unpaired) electrons. The van der Waals surface area contributed by atoms with Crippen molar-refractivity contribution >= 4 is 11.0 Å². The second kappa shape index (κ2) is 3.83. The summed E-state index contributed by atoms with van der Waals surface area (Å²) >= 11 is 0. The molecule has 3 aromatic heterocycles. The van der Waals surface area contributed by atoms with Crippen LogP contribution < -0.4 is 0 Å². The molecule has 0 aromatic carbocycles. The van der Waals surface area contributed by atoms with Crippen LogP contribution in [0.4, 0.5) is 4.39 Å². The van der Waals surface area contributed by atoms with Crippen molar-refractivity contribution in [2.24, 2.45) is 0 Å². The Morgan fingerprint density at radius 3 is 2.83 bits per heavy atom.